The Balaban J connectivity index is 1.87. The molecule has 5 amide bonds. The Bertz CT molecular complexity index is 1280. The van der Waals surface area contributed by atoms with Gasteiger partial charge in [0.05, 0.1) is 11.4 Å². The van der Waals surface area contributed by atoms with E-state index < -0.39 is 23.8 Å². The summed E-state index contributed by atoms with van der Waals surface area (Å²) in [6.45, 7) is 5.46. The predicted molar refractivity (Wildman–Crippen MR) is 141 cm³/mol. The molecule has 4 N–H and O–H groups in total. The molecule has 0 atom stereocenters. The molecule has 0 unspecified atom stereocenters. The van der Waals surface area contributed by atoms with Crippen molar-refractivity contribution in [1.29, 1.82) is 0 Å². The molecule has 13 nitrogen and oxygen atoms in total. The smallest absolute Gasteiger partial charge is 0.326 e. The first kappa shape index (κ1) is 27.8. The Morgan fingerprint density at radius 1 is 0.921 bits per heavy atom. The minimum Gasteiger partial charge on any atom is -0.358 e. The summed E-state index contributed by atoms with van der Waals surface area (Å²) in [7, 11) is 2.91. The minimum atomic E-state index is -0.517. The SMILES string of the molecule is CNC(=O)CN(CC(=O)NC)C(=O)c1ccc(-n2nc(C(C)(C)C)cc2NC(=O)Nc2ccncn2)cc1. The summed E-state index contributed by atoms with van der Waals surface area (Å²) in [5.41, 5.74) is 1.29. The second-order valence-electron chi connectivity index (χ2n) is 9.30. The van der Waals surface area contributed by atoms with Gasteiger partial charge in [-0.2, -0.15) is 5.10 Å². The number of amides is 5. The Morgan fingerprint density at radius 2 is 1.55 bits per heavy atom. The molecule has 3 aromatic rings. The monoisotopic (exact) mass is 521 g/mol. The molecule has 2 aromatic heterocycles. The van der Waals surface area contributed by atoms with Gasteiger partial charge in [0.1, 0.15) is 31.1 Å². The molecule has 0 spiro atoms. The van der Waals surface area contributed by atoms with E-state index in [9.17, 15) is 19.2 Å². The average Bonchev–Trinajstić information content (AvgIpc) is 3.32. The van der Waals surface area contributed by atoms with Crippen LogP contribution in [0.4, 0.5) is 16.4 Å². The van der Waals surface area contributed by atoms with Crippen LogP contribution < -0.4 is 21.3 Å². The summed E-state index contributed by atoms with van der Waals surface area (Å²) >= 11 is 0. The van der Waals surface area contributed by atoms with Crippen molar-refractivity contribution in [2.24, 2.45) is 0 Å². The highest BCUT2D eigenvalue weighted by Crippen LogP contribution is 2.26. The third kappa shape index (κ3) is 7.12. The van der Waals surface area contributed by atoms with Crippen molar-refractivity contribution in [3.8, 4) is 5.69 Å². The topological polar surface area (TPSA) is 163 Å². The van der Waals surface area contributed by atoms with E-state index in [1.807, 2.05) is 20.8 Å². The summed E-state index contributed by atoms with van der Waals surface area (Å²) in [6.07, 6.45) is 2.84. The maximum absolute atomic E-state index is 13.1. The molecule has 0 saturated heterocycles. The summed E-state index contributed by atoms with van der Waals surface area (Å²) in [4.78, 5) is 58.5. The number of carbonyl (C=O) groups excluding carboxylic acids is 4. The molecular weight excluding hydrogens is 490 g/mol. The predicted octanol–water partition coefficient (Wildman–Crippen LogP) is 1.54. The molecule has 13 heteroatoms. The molecule has 0 saturated carbocycles. The van der Waals surface area contributed by atoms with E-state index >= 15 is 0 Å². The van der Waals surface area contributed by atoms with Gasteiger partial charge in [-0.05, 0) is 30.3 Å². The van der Waals surface area contributed by atoms with Crippen LogP contribution in [0.5, 0.6) is 0 Å². The molecule has 2 heterocycles. The van der Waals surface area contributed by atoms with E-state index in [0.29, 0.717) is 17.3 Å². The highest BCUT2D eigenvalue weighted by molar-refractivity contribution is 5.99. The normalized spacial score (nSPS) is 10.9. The zero-order chi connectivity index (χ0) is 27.9. The van der Waals surface area contributed by atoms with Crippen molar-refractivity contribution in [1.82, 2.24) is 35.3 Å². The molecule has 200 valence electrons. The van der Waals surface area contributed by atoms with Gasteiger partial charge in [0, 0.05) is 37.3 Å². The van der Waals surface area contributed by atoms with Crippen molar-refractivity contribution in [2.75, 3.05) is 37.8 Å². The van der Waals surface area contributed by atoms with Gasteiger partial charge in [-0.15, -0.1) is 0 Å². The number of likely N-dealkylation sites (N-methyl/N-ethyl adjacent to an activating group) is 2. The molecule has 0 bridgehead atoms. The average molecular weight is 522 g/mol. The van der Waals surface area contributed by atoms with Crippen LogP contribution in [0.1, 0.15) is 36.8 Å². The van der Waals surface area contributed by atoms with Gasteiger partial charge in [-0.25, -0.2) is 19.4 Å². The van der Waals surface area contributed by atoms with Crippen LogP contribution in [0.15, 0.2) is 48.9 Å². The van der Waals surface area contributed by atoms with E-state index in [0.717, 1.165) is 10.6 Å². The zero-order valence-corrected chi connectivity index (χ0v) is 21.9. The first-order chi connectivity index (χ1) is 18.0. The van der Waals surface area contributed by atoms with Gasteiger partial charge in [0.25, 0.3) is 5.91 Å². The maximum Gasteiger partial charge on any atom is 0.326 e. The number of hydrogen-bond acceptors (Lipinski definition) is 7. The van der Waals surface area contributed by atoms with E-state index in [4.69, 9.17) is 0 Å². The van der Waals surface area contributed by atoms with Gasteiger partial charge in [0.15, 0.2) is 0 Å². The molecule has 1 aromatic carbocycles. The lowest BCUT2D eigenvalue weighted by molar-refractivity contribution is -0.123. The second kappa shape index (κ2) is 12.0. The molecule has 0 fully saturated rings. The number of carbonyl (C=O) groups is 4. The quantitative estimate of drug-likeness (QED) is 0.349. The molecular formula is C25H31N9O4. The third-order valence-corrected chi connectivity index (χ3v) is 5.42. The van der Waals surface area contributed by atoms with Gasteiger partial charge < -0.3 is 15.5 Å². The van der Waals surface area contributed by atoms with Crippen molar-refractivity contribution >= 4 is 35.4 Å². The molecule has 0 radical (unpaired) electrons. The Hall–Kier alpha value is -4.81. The number of nitrogens with one attached hydrogen (secondary N) is 4. The zero-order valence-electron chi connectivity index (χ0n) is 21.9. The molecule has 3 rings (SSSR count). The van der Waals surface area contributed by atoms with Crippen LogP contribution in [0.2, 0.25) is 0 Å². The third-order valence-electron chi connectivity index (χ3n) is 5.42. The van der Waals surface area contributed by atoms with Gasteiger partial charge in [0.2, 0.25) is 11.8 Å². The molecule has 0 aliphatic rings. The fourth-order valence-corrected chi connectivity index (χ4v) is 3.29. The first-order valence-corrected chi connectivity index (χ1v) is 11.8. The fraction of sp³-hybridized carbons (Fsp3) is 0.320. The van der Waals surface area contributed by atoms with Crippen LogP contribution >= 0.6 is 0 Å². The first-order valence-electron chi connectivity index (χ1n) is 11.8. The summed E-state index contributed by atoms with van der Waals surface area (Å²) in [6, 6.07) is 9.29. The Morgan fingerprint density at radius 3 is 2.08 bits per heavy atom. The lowest BCUT2D eigenvalue weighted by Crippen LogP contribution is -2.44. The van der Waals surface area contributed by atoms with Crippen LogP contribution in [0.3, 0.4) is 0 Å². The van der Waals surface area contributed by atoms with Gasteiger partial charge in [-0.1, -0.05) is 20.8 Å². The van der Waals surface area contributed by atoms with Crippen LogP contribution in [0, 0.1) is 0 Å². The largest absolute Gasteiger partial charge is 0.358 e. The van der Waals surface area contributed by atoms with Crippen LogP contribution in [-0.4, -0.2) is 75.6 Å². The number of urea groups is 1. The van der Waals surface area contributed by atoms with Gasteiger partial charge >= 0.3 is 6.03 Å². The minimum absolute atomic E-state index is 0.270. The molecule has 0 aliphatic carbocycles. The number of rotatable bonds is 8. The highest BCUT2D eigenvalue weighted by Gasteiger charge is 2.23. The second-order valence-corrected chi connectivity index (χ2v) is 9.30. The van der Waals surface area contributed by atoms with Crippen molar-refractivity contribution in [3.05, 3.63) is 60.2 Å². The lowest BCUT2D eigenvalue weighted by atomic mass is 9.92. The highest BCUT2D eigenvalue weighted by atomic mass is 16.2. The summed E-state index contributed by atoms with van der Waals surface area (Å²) in [5, 5.41) is 15.0. The van der Waals surface area contributed by atoms with E-state index in [-0.39, 0.29) is 24.1 Å². The fourth-order valence-electron chi connectivity index (χ4n) is 3.29. The standard InChI is InChI=1S/C25H31N9O4/c1-25(2,3)18-12-20(31-24(38)30-19-10-11-28-15-29-19)34(32-18)17-8-6-16(7-9-17)23(37)33(13-21(35)26-4)14-22(36)27-5/h6-12,15H,13-14H2,1-5H3,(H,26,35)(H,27,36)(H2,28,29,30,31,38). The van der Waals surface area contributed by atoms with Crippen LogP contribution in [0.25, 0.3) is 5.69 Å². The van der Waals surface area contributed by atoms with E-state index in [2.05, 4.69) is 36.3 Å². The van der Waals surface area contributed by atoms with Crippen molar-refractivity contribution < 1.29 is 19.2 Å². The number of benzene rings is 1. The lowest BCUT2D eigenvalue weighted by Gasteiger charge is -2.21. The molecule has 0 aliphatic heterocycles. The van der Waals surface area contributed by atoms with Gasteiger partial charge in [-0.3, -0.25) is 25.0 Å². The van der Waals surface area contributed by atoms with Crippen molar-refractivity contribution in [3.63, 3.8) is 0 Å². The van der Waals surface area contributed by atoms with Crippen LogP contribution in [-0.2, 0) is 15.0 Å². The Labute approximate surface area is 220 Å². The summed E-state index contributed by atoms with van der Waals surface area (Å²) < 4.78 is 1.56. The van der Waals surface area contributed by atoms with E-state index in [1.165, 1.54) is 26.6 Å². The van der Waals surface area contributed by atoms with Crippen molar-refractivity contribution in [2.45, 2.75) is 26.2 Å². The number of hydrogen-bond donors (Lipinski definition) is 4. The number of anilines is 2. The maximum atomic E-state index is 13.1. The summed E-state index contributed by atoms with van der Waals surface area (Å²) in [5.74, 6) is -0.550. The Kier molecular flexibility index (Phi) is 8.73. The number of aromatic nitrogens is 4. The molecule has 38 heavy (non-hydrogen) atoms. The van der Waals surface area contributed by atoms with E-state index in [1.54, 1.807) is 41.1 Å². The number of nitrogens with zero attached hydrogens (tertiary/aromatic N) is 5.